The molecular weight excluding hydrogens is 218 g/mol. The number of hydrogen-bond donors (Lipinski definition) is 2. The number of hydrogen-bond acceptors (Lipinski definition) is 4. The van der Waals surface area contributed by atoms with Crippen molar-refractivity contribution in [2.45, 2.75) is 0 Å². The summed E-state index contributed by atoms with van der Waals surface area (Å²) in [6, 6.07) is 3.42. The molecule has 7 heteroatoms. The summed E-state index contributed by atoms with van der Waals surface area (Å²) in [6.07, 6.45) is 0. The summed E-state index contributed by atoms with van der Waals surface area (Å²) in [5, 5.41) is 27.1. The molecule has 2 N–H and O–H groups in total. The predicted molar refractivity (Wildman–Crippen MR) is 57.8 cm³/mol. The van der Waals surface area contributed by atoms with Crippen LogP contribution < -0.4 is 15.7 Å². The Morgan fingerprint density at radius 3 is 2.73 bits per heavy atom. The summed E-state index contributed by atoms with van der Waals surface area (Å²) in [5.74, 6) is -0.349. The first-order chi connectivity index (χ1) is 7.04. The van der Waals surface area contributed by atoms with Crippen LogP contribution in [-0.2, 0) is 0 Å². The second kappa shape index (κ2) is 4.56. The highest BCUT2D eigenvalue weighted by Crippen LogP contribution is 2.25. The smallest absolute Gasteiger partial charge is 0.271 e. The van der Waals surface area contributed by atoms with E-state index in [0.29, 0.717) is 0 Å². The zero-order valence-electron chi connectivity index (χ0n) is 7.81. The monoisotopic (exact) mass is 226 g/mol. The maximum atomic E-state index is 11.3. The highest BCUT2D eigenvalue weighted by Gasteiger charge is 2.06. The molecule has 0 aliphatic carbocycles. The topological polar surface area (TPSA) is 90.3 Å². The van der Waals surface area contributed by atoms with Crippen LogP contribution in [-0.4, -0.2) is 17.1 Å². The van der Waals surface area contributed by atoms with Gasteiger partial charge in [-0.2, -0.15) is 0 Å². The van der Waals surface area contributed by atoms with Crippen molar-refractivity contribution in [1.29, 1.82) is 0 Å². The highest BCUT2D eigenvalue weighted by molar-refractivity contribution is 7.80. The molecule has 0 aliphatic rings. The third-order valence-corrected chi connectivity index (χ3v) is 1.96. The minimum atomic E-state index is -0.576. The van der Waals surface area contributed by atoms with Gasteiger partial charge in [-0.15, -0.1) is 0 Å². The fourth-order valence-electron chi connectivity index (χ4n) is 0.914. The van der Waals surface area contributed by atoms with Crippen molar-refractivity contribution in [2.24, 2.45) is 0 Å². The van der Waals surface area contributed by atoms with Gasteiger partial charge in [-0.1, -0.05) is 11.8 Å². The molecule has 0 aliphatic heterocycles. The van der Waals surface area contributed by atoms with Gasteiger partial charge in [0.2, 0.25) is 0 Å². The molecule has 0 unspecified atom stereocenters. The van der Waals surface area contributed by atoms with Crippen molar-refractivity contribution < 1.29 is 10.0 Å². The van der Waals surface area contributed by atoms with Crippen LogP contribution in [0, 0.1) is 10.1 Å². The van der Waals surface area contributed by atoms with Crippen LogP contribution in [0.4, 0.5) is 11.4 Å². The van der Waals surface area contributed by atoms with Gasteiger partial charge in [0.05, 0.1) is 4.92 Å². The van der Waals surface area contributed by atoms with Crippen LogP contribution in [0.25, 0.3) is 0 Å². The van der Waals surface area contributed by atoms with E-state index in [0.717, 1.165) is 18.2 Å². The van der Waals surface area contributed by atoms with Gasteiger partial charge in [-0.05, 0) is 12.2 Å². The zero-order valence-corrected chi connectivity index (χ0v) is 8.63. The maximum Gasteiger partial charge on any atom is 0.271 e. The van der Waals surface area contributed by atoms with Crippen molar-refractivity contribution in [2.75, 3.05) is 12.4 Å². The second-order valence-electron chi connectivity index (χ2n) is 2.64. The number of anilines is 1. The Bertz CT molecular complexity index is 408. The summed E-state index contributed by atoms with van der Waals surface area (Å²) in [5.41, 5.74) is -0.0699. The summed E-state index contributed by atoms with van der Waals surface area (Å²) >= 11 is 4.77. The van der Waals surface area contributed by atoms with Gasteiger partial charge >= 0.3 is 0 Å². The molecule has 0 fully saturated rings. The van der Waals surface area contributed by atoms with Gasteiger partial charge in [0.25, 0.3) is 5.69 Å². The minimum Gasteiger partial charge on any atom is -0.871 e. The predicted octanol–water partition coefficient (Wildman–Crippen LogP) is 0.585. The van der Waals surface area contributed by atoms with E-state index in [1.54, 1.807) is 7.05 Å². The van der Waals surface area contributed by atoms with E-state index in [2.05, 4.69) is 10.6 Å². The Hall–Kier alpha value is -1.89. The summed E-state index contributed by atoms with van der Waals surface area (Å²) < 4.78 is 0. The third kappa shape index (κ3) is 2.78. The number of nitro benzene ring substituents is 1. The summed E-state index contributed by atoms with van der Waals surface area (Å²) in [6.45, 7) is 0. The summed E-state index contributed by atoms with van der Waals surface area (Å²) in [7, 11) is 1.58. The number of nitrogens with zero attached hydrogens (tertiary/aromatic N) is 1. The van der Waals surface area contributed by atoms with Crippen molar-refractivity contribution >= 4 is 28.7 Å². The average molecular weight is 226 g/mol. The van der Waals surface area contributed by atoms with Crippen molar-refractivity contribution in [3.8, 4) is 5.75 Å². The van der Waals surface area contributed by atoms with Crippen LogP contribution in [0.15, 0.2) is 18.2 Å². The molecule has 15 heavy (non-hydrogen) atoms. The van der Waals surface area contributed by atoms with Gasteiger partial charge in [0.1, 0.15) is 0 Å². The van der Waals surface area contributed by atoms with E-state index in [-0.39, 0.29) is 22.2 Å². The van der Waals surface area contributed by atoms with E-state index < -0.39 is 4.92 Å². The van der Waals surface area contributed by atoms with Crippen molar-refractivity contribution in [3.05, 3.63) is 28.3 Å². The molecule has 0 amide bonds. The molecule has 0 radical (unpaired) electrons. The molecule has 1 aromatic rings. The first kappa shape index (κ1) is 11.2. The molecule has 80 valence electrons. The fraction of sp³-hybridized carbons (Fsp3) is 0.125. The molecule has 1 aromatic carbocycles. The first-order valence-corrected chi connectivity index (χ1v) is 4.39. The summed E-state index contributed by atoms with van der Waals surface area (Å²) in [4.78, 5) is 9.87. The molecule has 6 nitrogen and oxygen atoms in total. The molecule has 0 bridgehead atoms. The molecule has 0 aromatic heterocycles. The number of rotatable bonds is 2. The Balaban J connectivity index is 3.00. The lowest BCUT2D eigenvalue weighted by Gasteiger charge is -2.14. The van der Waals surface area contributed by atoms with Gasteiger partial charge in [-0.3, -0.25) is 10.1 Å². The SMILES string of the molecule is CNC(=S)Nc1cc([N+](=O)[O-])ccc1[O-]. The normalized spacial score (nSPS) is 9.40. The van der Waals surface area contributed by atoms with Crippen LogP contribution in [0.2, 0.25) is 0 Å². The van der Waals surface area contributed by atoms with Gasteiger partial charge in [0.15, 0.2) is 5.11 Å². The molecule has 1 rings (SSSR count). The van der Waals surface area contributed by atoms with E-state index in [1.807, 2.05) is 0 Å². The molecule has 0 saturated heterocycles. The molecule has 0 atom stereocenters. The largest absolute Gasteiger partial charge is 0.871 e. The lowest BCUT2D eigenvalue weighted by Crippen LogP contribution is -2.24. The number of thiocarbonyl (C=S) groups is 1. The number of nitrogens with one attached hydrogen (secondary N) is 2. The number of benzene rings is 1. The molecular formula is C8H8N3O3S-. The van der Waals surface area contributed by atoms with Gasteiger partial charge < -0.3 is 15.7 Å². The standard InChI is InChI=1S/C8H9N3O3S/c1-9-8(15)10-6-4-5(11(13)14)2-3-7(6)12/h2-4,12H,1H3,(H2,9,10,15)/p-1. The Kier molecular flexibility index (Phi) is 3.40. The molecule has 0 spiro atoms. The number of nitro groups is 1. The first-order valence-electron chi connectivity index (χ1n) is 3.99. The van der Waals surface area contributed by atoms with Crippen LogP contribution in [0.5, 0.6) is 5.75 Å². The van der Waals surface area contributed by atoms with E-state index in [9.17, 15) is 15.2 Å². The lowest BCUT2D eigenvalue weighted by atomic mass is 10.2. The Morgan fingerprint density at radius 2 is 2.20 bits per heavy atom. The maximum absolute atomic E-state index is 11.3. The van der Waals surface area contributed by atoms with Crippen LogP contribution in [0.3, 0.4) is 0 Å². The Morgan fingerprint density at radius 1 is 1.53 bits per heavy atom. The minimum absolute atomic E-state index is 0.0866. The zero-order chi connectivity index (χ0) is 11.4. The lowest BCUT2D eigenvalue weighted by molar-refractivity contribution is -0.385. The van der Waals surface area contributed by atoms with Gasteiger partial charge in [0, 0.05) is 24.9 Å². The molecule has 0 saturated carbocycles. The number of non-ortho nitro benzene ring substituents is 1. The van der Waals surface area contributed by atoms with E-state index in [1.165, 1.54) is 0 Å². The Labute approximate surface area is 91.1 Å². The van der Waals surface area contributed by atoms with Crippen molar-refractivity contribution in [1.82, 2.24) is 5.32 Å². The van der Waals surface area contributed by atoms with Crippen molar-refractivity contribution in [3.63, 3.8) is 0 Å². The van der Waals surface area contributed by atoms with E-state index >= 15 is 0 Å². The highest BCUT2D eigenvalue weighted by atomic mass is 32.1. The fourth-order valence-corrected chi connectivity index (χ4v) is 1.02. The molecule has 0 heterocycles. The third-order valence-electron chi connectivity index (χ3n) is 1.65. The average Bonchev–Trinajstić information content (AvgIpc) is 2.20. The quantitative estimate of drug-likeness (QED) is 0.435. The van der Waals surface area contributed by atoms with Gasteiger partial charge in [-0.25, -0.2) is 0 Å². The van der Waals surface area contributed by atoms with Crippen LogP contribution >= 0.6 is 12.2 Å². The van der Waals surface area contributed by atoms with E-state index in [4.69, 9.17) is 12.2 Å². The van der Waals surface area contributed by atoms with Crippen LogP contribution in [0.1, 0.15) is 0 Å². The second-order valence-corrected chi connectivity index (χ2v) is 3.05.